The first-order valence-electron chi connectivity index (χ1n) is 8.58. The molecule has 0 spiro atoms. The lowest BCUT2D eigenvalue weighted by molar-refractivity contribution is -0.141. The van der Waals surface area contributed by atoms with Crippen LogP contribution in [0.25, 0.3) is 5.69 Å². The third kappa shape index (κ3) is 4.44. The number of hydrogen-bond acceptors (Lipinski definition) is 4. The summed E-state index contributed by atoms with van der Waals surface area (Å²) in [5.74, 6) is -2.43. The molecule has 0 fully saturated rings. The number of nitrogens with zero attached hydrogens (tertiary/aromatic N) is 3. The number of rotatable bonds is 8. The molecule has 1 atom stereocenters. The summed E-state index contributed by atoms with van der Waals surface area (Å²) >= 11 is 0. The summed E-state index contributed by atoms with van der Waals surface area (Å²) in [5, 5.41) is 15.9. The van der Waals surface area contributed by atoms with Gasteiger partial charge in [0, 0.05) is 12.5 Å². The Kier molecular flexibility index (Phi) is 6.43. The number of aliphatic carboxylic acids is 1. The summed E-state index contributed by atoms with van der Waals surface area (Å²) in [6, 6.07) is 6.10. The minimum Gasteiger partial charge on any atom is -0.481 e. The maximum atomic E-state index is 14.1. The Balaban J connectivity index is 2.25. The van der Waals surface area contributed by atoms with E-state index in [4.69, 9.17) is 5.11 Å². The summed E-state index contributed by atoms with van der Waals surface area (Å²) in [6.45, 7) is 5.60. The number of halogens is 1. The number of benzene rings is 1. The fourth-order valence-electron chi connectivity index (χ4n) is 2.55. The first kappa shape index (κ1) is 19.6. The van der Waals surface area contributed by atoms with Crippen molar-refractivity contribution in [1.82, 2.24) is 20.1 Å². The van der Waals surface area contributed by atoms with Gasteiger partial charge in [0.1, 0.15) is 17.3 Å². The van der Waals surface area contributed by atoms with Crippen molar-refractivity contribution >= 4 is 11.9 Å². The predicted molar refractivity (Wildman–Crippen MR) is 93.8 cm³/mol. The fourth-order valence-corrected chi connectivity index (χ4v) is 2.55. The zero-order valence-electron chi connectivity index (χ0n) is 15.1. The van der Waals surface area contributed by atoms with Crippen LogP contribution in [0.2, 0.25) is 0 Å². The summed E-state index contributed by atoms with van der Waals surface area (Å²) in [4.78, 5) is 27.7. The second-order valence-electron chi connectivity index (χ2n) is 6.35. The molecule has 2 N–H and O–H groups in total. The van der Waals surface area contributed by atoms with E-state index in [0.717, 1.165) is 0 Å². The minimum absolute atomic E-state index is 0.00669. The molecule has 0 saturated carbocycles. The lowest BCUT2D eigenvalue weighted by Gasteiger charge is -2.11. The zero-order chi connectivity index (χ0) is 19.3. The van der Waals surface area contributed by atoms with Gasteiger partial charge in [0.05, 0.1) is 5.92 Å². The Morgan fingerprint density at radius 2 is 2.00 bits per heavy atom. The Labute approximate surface area is 151 Å². The lowest BCUT2D eigenvalue weighted by atomic mass is 10.0. The van der Waals surface area contributed by atoms with Gasteiger partial charge in [-0.3, -0.25) is 9.59 Å². The van der Waals surface area contributed by atoms with Gasteiger partial charge in [-0.15, -0.1) is 5.10 Å². The molecule has 1 aromatic carbocycles. The van der Waals surface area contributed by atoms with Crippen molar-refractivity contribution in [2.24, 2.45) is 5.92 Å². The first-order valence-corrected chi connectivity index (χ1v) is 8.58. The number of aromatic nitrogens is 3. The number of amides is 1. The number of para-hydroxylation sites is 1. The van der Waals surface area contributed by atoms with Gasteiger partial charge >= 0.3 is 5.97 Å². The van der Waals surface area contributed by atoms with E-state index < -0.39 is 23.6 Å². The van der Waals surface area contributed by atoms with Crippen molar-refractivity contribution in [3.63, 3.8) is 0 Å². The highest BCUT2D eigenvalue weighted by Crippen LogP contribution is 2.19. The fraction of sp³-hybridized carbons (Fsp3) is 0.444. The van der Waals surface area contributed by atoms with Gasteiger partial charge in [0.25, 0.3) is 5.91 Å². The van der Waals surface area contributed by atoms with Crippen LogP contribution < -0.4 is 5.32 Å². The molecule has 1 heterocycles. The molecule has 140 valence electrons. The van der Waals surface area contributed by atoms with Crippen molar-refractivity contribution < 1.29 is 19.1 Å². The Morgan fingerprint density at radius 1 is 1.31 bits per heavy atom. The molecule has 0 saturated heterocycles. The Hall–Kier alpha value is -2.77. The SMILES string of the molecule is CCCC(CNC(=O)c1nc(C(C)C)n(-c2ccccc2F)n1)C(=O)O. The van der Waals surface area contributed by atoms with Crippen molar-refractivity contribution in [3.8, 4) is 5.69 Å². The van der Waals surface area contributed by atoms with Crippen LogP contribution in [0.5, 0.6) is 0 Å². The van der Waals surface area contributed by atoms with E-state index >= 15 is 0 Å². The number of carboxylic acid groups (broad SMARTS) is 1. The molecule has 26 heavy (non-hydrogen) atoms. The van der Waals surface area contributed by atoms with Crippen LogP contribution in [0.3, 0.4) is 0 Å². The van der Waals surface area contributed by atoms with Crippen LogP contribution >= 0.6 is 0 Å². The molecular weight excluding hydrogens is 339 g/mol. The number of hydrogen-bond donors (Lipinski definition) is 2. The van der Waals surface area contributed by atoms with Gasteiger partial charge in [-0.25, -0.2) is 14.1 Å². The molecule has 2 aromatic rings. The van der Waals surface area contributed by atoms with Crippen LogP contribution in [0.1, 0.15) is 56.0 Å². The van der Waals surface area contributed by atoms with Crippen LogP contribution in [0.15, 0.2) is 24.3 Å². The number of carbonyl (C=O) groups excluding carboxylic acids is 1. The van der Waals surface area contributed by atoms with Gasteiger partial charge in [-0.05, 0) is 18.6 Å². The average molecular weight is 362 g/mol. The van der Waals surface area contributed by atoms with E-state index in [9.17, 15) is 14.0 Å². The highest BCUT2D eigenvalue weighted by atomic mass is 19.1. The van der Waals surface area contributed by atoms with Crippen LogP contribution in [-0.2, 0) is 4.79 Å². The highest BCUT2D eigenvalue weighted by molar-refractivity contribution is 5.90. The molecule has 2 rings (SSSR count). The second kappa shape index (κ2) is 8.55. The van der Waals surface area contributed by atoms with Gasteiger partial charge in [0.2, 0.25) is 5.82 Å². The molecule has 1 amide bonds. The summed E-state index contributed by atoms with van der Waals surface area (Å²) in [7, 11) is 0. The van der Waals surface area contributed by atoms with Crippen LogP contribution in [0.4, 0.5) is 4.39 Å². The predicted octanol–water partition coefficient (Wildman–Crippen LogP) is 2.76. The standard InChI is InChI=1S/C18H23FN4O3/c1-4-7-12(18(25)26)10-20-17(24)15-21-16(11(2)3)23(22-15)14-9-6-5-8-13(14)19/h5-6,8-9,11-12H,4,7,10H2,1-3H3,(H,20,24)(H,25,26). The van der Waals surface area contributed by atoms with Gasteiger partial charge < -0.3 is 10.4 Å². The molecule has 0 aliphatic heterocycles. The van der Waals surface area contributed by atoms with E-state index in [1.54, 1.807) is 18.2 Å². The Bertz CT molecular complexity index is 788. The zero-order valence-corrected chi connectivity index (χ0v) is 15.1. The summed E-state index contributed by atoms with van der Waals surface area (Å²) in [6.07, 6.45) is 1.16. The quantitative estimate of drug-likeness (QED) is 0.753. The maximum absolute atomic E-state index is 14.1. The van der Waals surface area contributed by atoms with Gasteiger partial charge in [0.15, 0.2) is 0 Å². The van der Waals surface area contributed by atoms with Crippen molar-refractivity contribution in [3.05, 3.63) is 41.7 Å². The van der Waals surface area contributed by atoms with Crippen molar-refractivity contribution in [2.45, 2.75) is 39.5 Å². The number of nitrogens with one attached hydrogen (secondary N) is 1. The lowest BCUT2D eigenvalue weighted by Crippen LogP contribution is -2.33. The number of carboxylic acids is 1. The normalized spacial score (nSPS) is 12.2. The molecule has 0 bridgehead atoms. The topological polar surface area (TPSA) is 97.1 Å². The molecule has 0 radical (unpaired) electrons. The van der Waals surface area contributed by atoms with E-state index in [1.165, 1.54) is 10.7 Å². The minimum atomic E-state index is -0.958. The van der Waals surface area contributed by atoms with E-state index in [-0.39, 0.29) is 24.0 Å². The molecule has 1 unspecified atom stereocenters. The first-order chi connectivity index (χ1) is 12.3. The van der Waals surface area contributed by atoms with Crippen LogP contribution in [0, 0.1) is 11.7 Å². The molecule has 1 aromatic heterocycles. The van der Waals surface area contributed by atoms with E-state index in [2.05, 4.69) is 15.4 Å². The van der Waals surface area contributed by atoms with Crippen LogP contribution in [-0.4, -0.2) is 38.3 Å². The van der Waals surface area contributed by atoms with Gasteiger partial charge in [-0.1, -0.05) is 39.3 Å². The summed E-state index contributed by atoms with van der Waals surface area (Å²) < 4.78 is 15.4. The number of carbonyl (C=O) groups is 2. The van der Waals surface area contributed by atoms with E-state index in [0.29, 0.717) is 18.7 Å². The third-order valence-electron chi connectivity index (χ3n) is 3.93. The smallest absolute Gasteiger partial charge is 0.308 e. The van der Waals surface area contributed by atoms with Gasteiger partial charge in [-0.2, -0.15) is 0 Å². The van der Waals surface area contributed by atoms with Crippen molar-refractivity contribution in [1.29, 1.82) is 0 Å². The molecule has 7 nitrogen and oxygen atoms in total. The Morgan fingerprint density at radius 3 is 2.58 bits per heavy atom. The monoisotopic (exact) mass is 362 g/mol. The largest absolute Gasteiger partial charge is 0.481 e. The molecule has 8 heteroatoms. The van der Waals surface area contributed by atoms with Crippen molar-refractivity contribution in [2.75, 3.05) is 6.54 Å². The summed E-state index contributed by atoms with van der Waals surface area (Å²) in [5.41, 5.74) is 0.206. The molecule has 0 aliphatic carbocycles. The molecular formula is C18H23FN4O3. The highest BCUT2D eigenvalue weighted by Gasteiger charge is 2.23. The third-order valence-corrected chi connectivity index (χ3v) is 3.93. The molecule has 0 aliphatic rings. The second-order valence-corrected chi connectivity index (χ2v) is 6.35. The maximum Gasteiger partial charge on any atom is 0.308 e. The van der Waals surface area contributed by atoms with E-state index in [1.807, 2.05) is 20.8 Å². The average Bonchev–Trinajstić information content (AvgIpc) is 3.04.